The highest BCUT2D eigenvalue weighted by Crippen LogP contribution is 2.21. The number of pyridine rings is 1. The van der Waals surface area contributed by atoms with Crippen molar-refractivity contribution in [3.8, 4) is 0 Å². The predicted molar refractivity (Wildman–Crippen MR) is 81.7 cm³/mol. The van der Waals surface area contributed by atoms with Crippen LogP contribution in [0.4, 0.5) is 0 Å². The van der Waals surface area contributed by atoms with Crippen molar-refractivity contribution in [3.05, 3.63) is 62.9 Å². The molecular weight excluding hydrogens is 319 g/mol. The first-order chi connectivity index (χ1) is 9.58. The van der Waals surface area contributed by atoms with Crippen molar-refractivity contribution < 1.29 is 4.79 Å². The molecule has 6 heteroatoms. The number of rotatable bonds is 4. The van der Waals surface area contributed by atoms with Crippen LogP contribution < -0.4 is 5.32 Å². The Morgan fingerprint density at radius 1 is 1.20 bits per heavy atom. The van der Waals surface area contributed by atoms with Gasteiger partial charge in [0.05, 0.1) is 5.56 Å². The Morgan fingerprint density at radius 2 is 2.00 bits per heavy atom. The van der Waals surface area contributed by atoms with E-state index in [1.807, 2.05) is 6.07 Å². The Kier molecular flexibility index (Phi) is 5.24. The standard InChI is InChI=1S/C14H11Cl3N2O/c15-10-4-3-9(12(16)8-10)5-7-19-14(20)11-2-1-6-18-13(11)17/h1-4,6,8H,5,7H2,(H,19,20). The van der Waals surface area contributed by atoms with Crippen LogP contribution >= 0.6 is 34.8 Å². The molecule has 0 saturated carbocycles. The molecule has 0 unspecified atom stereocenters. The molecule has 1 aromatic carbocycles. The van der Waals surface area contributed by atoms with Gasteiger partial charge in [-0.05, 0) is 36.2 Å². The first kappa shape index (κ1) is 15.1. The first-order valence-electron chi connectivity index (χ1n) is 5.90. The van der Waals surface area contributed by atoms with E-state index in [1.165, 1.54) is 6.20 Å². The Balaban J connectivity index is 1.93. The second-order valence-electron chi connectivity index (χ2n) is 4.08. The maximum Gasteiger partial charge on any atom is 0.254 e. The number of hydrogen-bond donors (Lipinski definition) is 1. The normalized spacial score (nSPS) is 10.3. The largest absolute Gasteiger partial charge is 0.352 e. The number of hydrogen-bond acceptors (Lipinski definition) is 2. The van der Waals surface area contributed by atoms with Gasteiger partial charge in [0.15, 0.2) is 0 Å². The highest BCUT2D eigenvalue weighted by atomic mass is 35.5. The lowest BCUT2D eigenvalue weighted by Crippen LogP contribution is -2.26. The lowest BCUT2D eigenvalue weighted by molar-refractivity contribution is 0.0954. The van der Waals surface area contributed by atoms with Crippen molar-refractivity contribution in [2.45, 2.75) is 6.42 Å². The summed E-state index contributed by atoms with van der Waals surface area (Å²) in [5.74, 6) is -0.256. The maximum atomic E-state index is 11.9. The molecule has 0 bridgehead atoms. The molecule has 1 amide bonds. The summed E-state index contributed by atoms with van der Waals surface area (Å²) in [6.07, 6.45) is 2.15. The number of halogens is 3. The van der Waals surface area contributed by atoms with Gasteiger partial charge in [0.1, 0.15) is 5.15 Å². The molecule has 2 aromatic rings. The van der Waals surface area contributed by atoms with Crippen LogP contribution in [-0.2, 0) is 6.42 Å². The molecule has 1 N–H and O–H groups in total. The van der Waals surface area contributed by atoms with E-state index in [2.05, 4.69) is 10.3 Å². The van der Waals surface area contributed by atoms with Crippen LogP contribution in [-0.4, -0.2) is 17.4 Å². The molecule has 0 saturated heterocycles. The average molecular weight is 330 g/mol. The number of carbonyl (C=O) groups excluding carboxylic acids is 1. The summed E-state index contributed by atoms with van der Waals surface area (Å²) in [4.78, 5) is 15.8. The zero-order valence-electron chi connectivity index (χ0n) is 10.4. The Hall–Kier alpha value is -1.29. The summed E-state index contributed by atoms with van der Waals surface area (Å²) in [6, 6.07) is 8.57. The Morgan fingerprint density at radius 3 is 2.70 bits per heavy atom. The summed E-state index contributed by atoms with van der Waals surface area (Å²) in [5, 5.41) is 4.14. The van der Waals surface area contributed by atoms with Crippen molar-refractivity contribution >= 4 is 40.7 Å². The van der Waals surface area contributed by atoms with E-state index in [0.29, 0.717) is 28.6 Å². The van der Waals surface area contributed by atoms with E-state index < -0.39 is 0 Å². The molecule has 2 rings (SSSR count). The van der Waals surface area contributed by atoms with Gasteiger partial charge in [-0.1, -0.05) is 40.9 Å². The van der Waals surface area contributed by atoms with E-state index in [9.17, 15) is 4.79 Å². The zero-order valence-corrected chi connectivity index (χ0v) is 12.6. The number of aromatic nitrogens is 1. The number of carbonyl (C=O) groups is 1. The first-order valence-corrected chi connectivity index (χ1v) is 7.04. The zero-order chi connectivity index (χ0) is 14.5. The number of amides is 1. The molecule has 1 aromatic heterocycles. The highest BCUT2D eigenvalue weighted by Gasteiger charge is 2.10. The van der Waals surface area contributed by atoms with E-state index in [1.54, 1.807) is 24.3 Å². The van der Waals surface area contributed by atoms with Crippen LogP contribution in [0.5, 0.6) is 0 Å². The van der Waals surface area contributed by atoms with Crippen molar-refractivity contribution in [2.75, 3.05) is 6.54 Å². The molecule has 0 spiro atoms. The van der Waals surface area contributed by atoms with Crippen LogP contribution in [0.15, 0.2) is 36.5 Å². The molecule has 104 valence electrons. The third-order valence-corrected chi connectivity index (χ3v) is 3.59. The minimum Gasteiger partial charge on any atom is -0.352 e. The van der Waals surface area contributed by atoms with E-state index in [-0.39, 0.29) is 11.1 Å². The smallest absolute Gasteiger partial charge is 0.254 e. The molecule has 3 nitrogen and oxygen atoms in total. The molecule has 1 heterocycles. The van der Waals surface area contributed by atoms with Crippen molar-refractivity contribution in [1.29, 1.82) is 0 Å². The van der Waals surface area contributed by atoms with Gasteiger partial charge in [-0.3, -0.25) is 4.79 Å². The van der Waals surface area contributed by atoms with Gasteiger partial charge in [-0.2, -0.15) is 0 Å². The van der Waals surface area contributed by atoms with Gasteiger partial charge in [-0.25, -0.2) is 4.98 Å². The summed E-state index contributed by atoms with van der Waals surface area (Å²) >= 11 is 17.7. The molecule has 0 aliphatic carbocycles. The van der Waals surface area contributed by atoms with E-state index >= 15 is 0 Å². The number of nitrogens with zero attached hydrogens (tertiary/aromatic N) is 1. The molecule has 0 aliphatic rings. The van der Waals surface area contributed by atoms with E-state index in [4.69, 9.17) is 34.8 Å². The second-order valence-corrected chi connectivity index (χ2v) is 5.29. The molecular formula is C14H11Cl3N2O. The highest BCUT2D eigenvalue weighted by molar-refractivity contribution is 6.35. The fraction of sp³-hybridized carbons (Fsp3) is 0.143. The Labute approximate surface area is 131 Å². The van der Waals surface area contributed by atoms with Crippen molar-refractivity contribution in [3.63, 3.8) is 0 Å². The van der Waals surface area contributed by atoms with Gasteiger partial charge in [-0.15, -0.1) is 0 Å². The minimum atomic E-state index is -0.256. The topological polar surface area (TPSA) is 42.0 Å². The van der Waals surface area contributed by atoms with Gasteiger partial charge < -0.3 is 5.32 Å². The van der Waals surface area contributed by atoms with Crippen LogP contribution in [0.25, 0.3) is 0 Å². The second kappa shape index (κ2) is 6.93. The monoisotopic (exact) mass is 328 g/mol. The van der Waals surface area contributed by atoms with Gasteiger partial charge in [0.2, 0.25) is 0 Å². The third-order valence-electron chi connectivity index (χ3n) is 2.70. The van der Waals surface area contributed by atoms with E-state index in [0.717, 1.165) is 5.56 Å². The quantitative estimate of drug-likeness (QED) is 0.861. The van der Waals surface area contributed by atoms with Gasteiger partial charge >= 0.3 is 0 Å². The van der Waals surface area contributed by atoms with Gasteiger partial charge in [0.25, 0.3) is 5.91 Å². The molecule has 20 heavy (non-hydrogen) atoms. The lowest BCUT2D eigenvalue weighted by Gasteiger charge is -2.07. The Bertz CT molecular complexity index is 632. The molecule has 0 fully saturated rings. The number of nitrogens with one attached hydrogen (secondary N) is 1. The molecule has 0 radical (unpaired) electrons. The summed E-state index contributed by atoms with van der Waals surface area (Å²) in [6.45, 7) is 0.450. The van der Waals surface area contributed by atoms with Crippen LogP contribution in [0, 0.1) is 0 Å². The fourth-order valence-corrected chi connectivity index (χ4v) is 2.39. The van der Waals surface area contributed by atoms with Crippen molar-refractivity contribution in [1.82, 2.24) is 10.3 Å². The summed E-state index contributed by atoms with van der Waals surface area (Å²) in [7, 11) is 0. The van der Waals surface area contributed by atoms with Crippen LogP contribution in [0.1, 0.15) is 15.9 Å². The molecule has 0 aliphatic heterocycles. The lowest BCUT2D eigenvalue weighted by atomic mass is 10.1. The summed E-state index contributed by atoms with van der Waals surface area (Å²) < 4.78 is 0. The van der Waals surface area contributed by atoms with Crippen LogP contribution in [0.3, 0.4) is 0 Å². The SMILES string of the molecule is O=C(NCCc1ccc(Cl)cc1Cl)c1cccnc1Cl. The number of benzene rings is 1. The third kappa shape index (κ3) is 3.85. The molecule has 0 atom stereocenters. The minimum absolute atomic E-state index is 0.189. The average Bonchev–Trinajstić information content (AvgIpc) is 2.41. The van der Waals surface area contributed by atoms with Crippen molar-refractivity contribution in [2.24, 2.45) is 0 Å². The fourth-order valence-electron chi connectivity index (χ4n) is 1.69. The van der Waals surface area contributed by atoms with Gasteiger partial charge in [0, 0.05) is 22.8 Å². The predicted octanol–water partition coefficient (Wildman–Crippen LogP) is 4.01. The van der Waals surface area contributed by atoms with Crippen LogP contribution in [0.2, 0.25) is 15.2 Å². The summed E-state index contributed by atoms with van der Waals surface area (Å²) in [5.41, 5.74) is 1.28. The maximum absolute atomic E-state index is 11.9.